The van der Waals surface area contributed by atoms with Gasteiger partial charge in [-0.1, -0.05) is 12.1 Å². The Morgan fingerprint density at radius 1 is 1.14 bits per heavy atom. The molecule has 1 amide bonds. The van der Waals surface area contributed by atoms with Gasteiger partial charge in [0.05, 0.1) is 24.3 Å². The number of rotatable bonds is 7. The quantitative estimate of drug-likeness (QED) is 0.283. The second-order valence-electron chi connectivity index (χ2n) is 9.22. The van der Waals surface area contributed by atoms with Crippen LogP contribution in [0.25, 0.3) is 5.76 Å². The molecule has 2 aliphatic rings. The molecule has 1 fully saturated rings. The van der Waals surface area contributed by atoms with Crippen LogP contribution in [0.15, 0.2) is 48.0 Å². The van der Waals surface area contributed by atoms with E-state index in [4.69, 9.17) is 9.47 Å². The summed E-state index contributed by atoms with van der Waals surface area (Å²) in [4.78, 5) is 41.7. The molecule has 2 aliphatic heterocycles. The number of amides is 1. The Morgan fingerprint density at radius 2 is 1.83 bits per heavy atom. The van der Waals surface area contributed by atoms with E-state index in [1.165, 1.54) is 12.0 Å². The first-order chi connectivity index (χ1) is 16.7. The molecule has 1 N–H and O–H groups in total. The van der Waals surface area contributed by atoms with Crippen molar-refractivity contribution in [1.82, 2.24) is 9.80 Å². The van der Waals surface area contributed by atoms with Crippen molar-refractivity contribution in [3.63, 3.8) is 0 Å². The number of benzene rings is 2. The fraction of sp³-hybridized carbons (Fsp3) is 0.370. The highest BCUT2D eigenvalue weighted by Gasteiger charge is 2.46. The van der Waals surface area contributed by atoms with Crippen LogP contribution in [-0.2, 0) is 20.7 Å². The lowest BCUT2D eigenvalue weighted by Crippen LogP contribution is -2.32. The molecule has 0 aliphatic carbocycles. The van der Waals surface area contributed by atoms with Gasteiger partial charge in [-0.3, -0.25) is 9.59 Å². The number of aliphatic hydroxyl groups excluding tert-OH is 1. The molecule has 2 aromatic carbocycles. The normalized spacial score (nSPS) is 20.8. The van der Waals surface area contributed by atoms with E-state index >= 15 is 0 Å². The number of esters is 1. The number of methoxy groups -OCH3 is 1. The lowest BCUT2D eigenvalue weighted by molar-refractivity contribution is -0.139. The average Bonchev–Trinajstić information content (AvgIpc) is 3.34. The molecule has 8 nitrogen and oxygen atoms in total. The van der Waals surface area contributed by atoms with E-state index in [9.17, 15) is 19.5 Å². The summed E-state index contributed by atoms with van der Waals surface area (Å²) in [5.74, 6) is -1.31. The monoisotopic (exact) mass is 478 g/mol. The fourth-order valence-electron chi connectivity index (χ4n) is 4.66. The first-order valence-corrected chi connectivity index (χ1v) is 11.6. The summed E-state index contributed by atoms with van der Waals surface area (Å²) in [7, 11) is 5.18. The van der Waals surface area contributed by atoms with Gasteiger partial charge in [-0.15, -0.1) is 0 Å². The maximum absolute atomic E-state index is 13.2. The van der Waals surface area contributed by atoms with Gasteiger partial charge in [0.2, 0.25) is 0 Å². The number of nitrogens with zero attached hydrogens (tertiary/aromatic N) is 2. The van der Waals surface area contributed by atoms with E-state index in [-0.39, 0.29) is 17.4 Å². The SMILES string of the molecule is COC(=O)c1ccc([C@H]2/C(=C(\O)c3ccc4c(c3)C[C@H](C)O4)C(=O)C(=O)N2CCCN(C)C)cc1. The van der Waals surface area contributed by atoms with Crippen LogP contribution in [0.4, 0.5) is 0 Å². The fourth-order valence-corrected chi connectivity index (χ4v) is 4.66. The van der Waals surface area contributed by atoms with Crippen LogP contribution in [0.3, 0.4) is 0 Å². The van der Waals surface area contributed by atoms with Gasteiger partial charge in [0.15, 0.2) is 0 Å². The Balaban J connectivity index is 1.77. The largest absolute Gasteiger partial charge is 0.507 e. The van der Waals surface area contributed by atoms with Crippen LogP contribution >= 0.6 is 0 Å². The number of ketones is 1. The molecule has 2 heterocycles. The van der Waals surface area contributed by atoms with E-state index in [1.807, 2.05) is 32.0 Å². The predicted octanol–water partition coefficient (Wildman–Crippen LogP) is 3.17. The van der Waals surface area contributed by atoms with Gasteiger partial charge in [-0.2, -0.15) is 0 Å². The molecular weight excluding hydrogens is 448 g/mol. The number of carbonyl (C=O) groups excluding carboxylic acids is 3. The minimum atomic E-state index is -0.771. The third kappa shape index (κ3) is 4.79. The minimum Gasteiger partial charge on any atom is -0.507 e. The van der Waals surface area contributed by atoms with Crippen LogP contribution in [0, 0.1) is 0 Å². The molecule has 2 atom stereocenters. The number of fused-ring (bicyclic) bond motifs is 1. The Bertz CT molecular complexity index is 1180. The van der Waals surface area contributed by atoms with Gasteiger partial charge in [-0.05, 0) is 75.4 Å². The zero-order valence-electron chi connectivity index (χ0n) is 20.4. The molecule has 0 bridgehead atoms. The van der Waals surface area contributed by atoms with Gasteiger partial charge in [0, 0.05) is 18.5 Å². The lowest BCUT2D eigenvalue weighted by atomic mass is 9.94. The first kappa shape index (κ1) is 24.5. The summed E-state index contributed by atoms with van der Waals surface area (Å²) in [6.07, 6.45) is 1.40. The van der Waals surface area contributed by atoms with Crippen molar-refractivity contribution in [2.75, 3.05) is 34.3 Å². The van der Waals surface area contributed by atoms with Crippen molar-refractivity contribution in [3.8, 4) is 5.75 Å². The van der Waals surface area contributed by atoms with Crippen molar-refractivity contribution in [2.45, 2.75) is 31.9 Å². The standard InChI is InChI=1S/C27H30N2O6/c1-16-14-20-15-19(10-11-21(20)35-16)24(30)22-23(17-6-8-18(9-7-17)27(33)34-4)29(26(32)25(22)31)13-5-12-28(2)3/h6-11,15-16,23,30H,5,12-14H2,1-4H3/b24-22+/t16-,23-/m0/s1. The van der Waals surface area contributed by atoms with E-state index in [1.54, 1.807) is 36.4 Å². The molecule has 0 radical (unpaired) electrons. The molecule has 8 heteroatoms. The second-order valence-corrected chi connectivity index (χ2v) is 9.22. The van der Waals surface area contributed by atoms with Crippen molar-refractivity contribution in [1.29, 1.82) is 0 Å². The molecule has 0 saturated carbocycles. The van der Waals surface area contributed by atoms with Crippen molar-refractivity contribution in [2.24, 2.45) is 0 Å². The van der Waals surface area contributed by atoms with Crippen LogP contribution < -0.4 is 4.74 Å². The van der Waals surface area contributed by atoms with E-state index < -0.39 is 23.7 Å². The Labute approximate surface area is 204 Å². The number of Topliss-reactive ketones (excluding diaryl/α,β-unsaturated/α-hetero) is 1. The number of likely N-dealkylation sites (tertiary alicyclic amines) is 1. The number of hydrogen-bond donors (Lipinski definition) is 1. The average molecular weight is 479 g/mol. The summed E-state index contributed by atoms with van der Waals surface area (Å²) in [5.41, 5.74) is 2.43. The Morgan fingerprint density at radius 3 is 2.49 bits per heavy atom. The Kier molecular flexibility index (Phi) is 6.93. The second kappa shape index (κ2) is 9.92. The van der Waals surface area contributed by atoms with E-state index in [2.05, 4.69) is 0 Å². The molecule has 0 aromatic heterocycles. The number of carbonyl (C=O) groups is 3. The summed E-state index contributed by atoms with van der Waals surface area (Å²) in [5, 5.41) is 11.3. The summed E-state index contributed by atoms with van der Waals surface area (Å²) < 4.78 is 10.5. The summed E-state index contributed by atoms with van der Waals surface area (Å²) >= 11 is 0. The van der Waals surface area contributed by atoms with E-state index in [0.717, 1.165) is 17.9 Å². The number of hydrogen-bond acceptors (Lipinski definition) is 7. The smallest absolute Gasteiger partial charge is 0.337 e. The van der Waals surface area contributed by atoms with Crippen LogP contribution in [0.5, 0.6) is 5.75 Å². The molecule has 184 valence electrons. The highest BCUT2D eigenvalue weighted by Crippen LogP contribution is 2.40. The first-order valence-electron chi connectivity index (χ1n) is 11.6. The third-order valence-corrected chi connectivity index (χ3v) is 6.36. The molecule has 35 heavy (non-hydrogen) atoms. The van der Waals surface area contributed by atoms with Gasteiger partial charge in [0.1, 0.15) is 17.6 Å². The van der Waals surface area contributed by atoms with E-state index in [0.29, 0.717) is 36.1 Å². The van der Waals surface area contributed by atoms with Gasteiger partial charge in [-0.25, -0.2) is 4.79 Å². The predicted molar refractivity (Wildman–Crippen MR) is 130 cm³/mol. The van der Waals surface area contributed by atoms with Crippen molar-refractivity contribution < 1.29 is 29.0 Å². The van der Waals surface area contributed by atoms with Gasteiger partial charge >= 0.3 is 5.97 Å². The highest BCUT2D eigenvalue weighted by atomic mass is 16.5. The highest BCUT2D eigenvalue weighted by molar-refractivity contribution is 6.46. The Hall–Kier alpha value is -3.65. The minimum absolute atomic E-state index is 0.0394. The van der Waals surface area contributed by atoms with Gasteiger partial charge < -0.3 is 24.4 Å². The molecular formula is C27H30N2O6. The molecule has 1 saturated heterocycles. The molecule has 4 rings (SSSR count). The number of aliphatic hydroxyl groups is 1. The molecule has 0 spiro atoms. The van der Waals surface area contributed by atoms with Crippen LogP contribution in [-0.4, -0.2) is 73.0 Å². The number of ether oxygens (including phenoxy) is 2. The van der Waals surface area contributed by atoms with Crippen molar-refractivity contribution >= 4 is 23.4 Å². The zero-order valence-corrected chi connectivity index (χ0v) is 20.4. The van der Waals surface area contributed by atoms with Crippen molar-refractivity contribution in [3.05, 3.63) is 70.3 Å². The maximum atomic E-state index is 13.2. The topological polar surface area (TPSA) is 96.4 Å². The summed E-state index contributed by atoms with van der Waals surface area (Å²) in [6, 6.07) is 11.1. The van der Waals surface area contributed by atoms with Gasteiger partial charge in [0.25, 0.3) is 11.7 Å². The van der Waals surface area contributed by atoms with Crippen LogP contribution in [0.1, 0.15) is 46.4 Å². The maximum Gasteiger partial charge on any atom is 0.337 e. The lowest BCUT2D eigenvalue weighted by Gasteiger charge is -2.26. The van der Waals surface area contributed by atoms with Crippen LogP contribution in [0.2, 0.25) is 0 Å². The molecule has 0 unspecified atom stereocenters. The zero-order chi connectivity index (χ0) is 25.3. The molecule has 2 aromatic rings. The summed E-state index contributed by atoms with van der Waals surface area (Å²) in [6.45, 7) is 3.05. The third-order valence-electron chi connectivity index (χ3n) is 6.36.